The molecular formula is C36H24N4. The van der Waals surface area contributed by atoms with Crippen LogP contribution in [0.5, 0.6) is 0 Å². The van der Waals surface area contributed by atoms with Crippen LogP contribution < -0.4 is 5.32 Å². The molecule has 1 aliphatic rings. The summed E-state index contributed by atoms with van der Waals surface area (Å²) in [7, 11) is 0. The van der Waals surface area contributed by atoms with Crippen molar-refractivity contribution in [2.24, 2.45) is 4.99 Å². The van der Waals surface area contributed by atoms with Crippen LogP contribution in [0.25, 0.3) is 39.7 Å². The quantitative estimate of drug-likeness (QED) is 0.224. The fraction of sp³-hybridized carbons (Fsp3) is 0. The van der Waals surface area contributed by atoms with E-state index in [2.05, 4.69) is 71.4 Å². The molecule has 0 atom stereocenters. The van der Waals surface area contributed by atoms with Crippen LogP contribution >= 0.6 is 0 Å². The summed E-state index contributed by atoms with van der Waals surface area (Å²) in [5.41, 5.74) is 8.78. The lowest BCUT2D eigenvalue weighted by Gasteiger charge is -2.13. The first-order chi connectivity index (χ1) is 19.8. The summed E-state index contributed by atoms with van der Waals surface area (Å²) in [6, 6.07) is 49.3. The lowest BCUT2D eigenvalue weighted by molar-refractivity contribution is 1.07. The minimum absolute atomic E-state index is 0.723. The van der Waals surface area contributed by atoms with Crippen LogP contribution in [0.4, 0.5) is 0 Å². The smallest absolute Gasteiger partial charge is 0.160 e. The number of aromatic nitrogens is 2. The van der Waals surface area contributed by atoms with Crippen LogP contribution in [0.3, 0.4) is 0 Å². The molecule has 0 N–H and O–H groups in total. The van der Waals surface area contributed by atoms with Gasteiger partial charge in [0.25, 0.3) is 0 Å². The van der Waals surface area contributed by atoms with Crippen molar-refractivity contribution in [1.82, 2.24) is 14.9 Å². The molecule has 0 unspecified atom stereocenters. The molecule has 188 valence electrons. The minimum Gasteiger partial charge on any atom is -0.292 e. The first-order valence-corrected chi connectivity index (χ1v) is 13.2. The molecule has 0 saturated heterocycles. The van der Waals surface area contributed by atoms with E-state index in [9.17, 15) is 0 Å². The van der Waals surface area contributed by atoms with Crippen molar-refractivity contribution >= 4 is 17.2 Å². The van der Waals surface area contributed by atoms with Crippen molar-refractivity contribution < 1.29 is 0 Å². The van der Waals surface area contributed by atoms with E-state index in [0.29, 0.717) is 0 Å². The van der Waals surface area contributed by atoms with Gasteiger partial charge in [0.05, 0.1) is 17.1 Å². The summed E-state index contributed by atoms with van der Waals surface area (Å²) in [6.07, 6.45) is 3.28. The maximum absolute atomic E-state index is 5.01. The van der Waals surface area contributed by atoms with E-state index in [1.165, 1.54) is 0 Å². The molecule has 40 heavy (non-hydrogen) atoms. The van der Waals surface area contributed by atoms with E-state index in [1.54, 1.807) is 0 Å². The molecule has 4 nitrogen and oxygen atoms in total. The summed E-state index contributed by atoms with van der Waals surface area (Å²) in [5, 5.41) is 4.98. The SMILES string of the molecule is [c]1nc(-c2ccccc2)n(-c2ccc(C3=C(c4ccccc4)[N]C(c4ccccc4)=N3)cc2)c1-c1ccccc1. The maximum atomic E-state index is 5.01. The fourth-order valence-electron chi connectivity index (χ4n) is 4.96. The van der Waals surface area contributed by atoms with Gasteiger partial charge >= 0.3 is 0 Å². The number of benzene rings is 5. The lowest BCUT2D eigenvalue weighted by atomic mass is 10.1. The molecular weight excluding hydrogens is 488 g/mol. The van der Waals surface area contributed by atoms with E-state index in [-0.39, 0.29) is 0 Å². The van der Waals surface area contributed by atoms with Gasteiger partial charge in [0.2, 0.25) is 0 Å². The van der Waals surface area contributed by atoms with Crippen molar-refractivity contribution in [3.8, 4) is 28.3 Å². The van der Waals surface area contributed by atoms with Gasteiger partial charge in [-0.05, 0) is 12.1 Å². The van der Waals surface area contributed by atoms with Gasteiger partial charge in [-0.25, -0.2) is 15.3 Å². The lowest BCUT2D eigenvalue weighted by Crippen LogP contribution is -2.11. The molecule has 1 aliphatic heterocycles. The van der Waals surface area contributed by atoms with Crippen LogP contribution in [0.2, 0.25) is 0 Å². The zero-order valence-electron chi connectivity index (χ0n) is 21.6. The molecule has 2 heterocycles. The highest BCUT2D eigenvalue weighted by Gasteiger charge is 2.23. The topological polar surface area (TPSA) is 44.3 Å². The van der Waals surface area contributed by atoms with Gasteiger partial charge in [-0.15, -0.1) is 0 Å². The number of imidazole rings is 1. The maximum Gasteiger partial charge on any atom is 0.160 e. The van der Waals surface area contributed by atoms with E-state index in [0.717, 1.165) is 62.3 Å². The average molecular weight is 513 g/mol. The Labute approximate surface area is 233 Å². The van der Waals surface area contributed by atoms with Crippen molar-refractivity contribution in [3.05, 3.63) is 168 Å². The van der Waals surface area contributed by atoms with Gasteiger partial charge in [0.1, 0.15) is 12.0 Å². The van der Waals surface area contributed by atoms with E-state index in [1.807, 2.05) is 84.9 Å². The predicted molar refractivity (Wildman–Crippen MR) is 162 cm³/mol. The summed E-state index contributed by atoms with van der Waals surface area (Å²) >= 11 is 0. The number of hydrogen-bond donors (Lipinski definition) is 0. The molecule has 0 spiro atoms. The zero-order valence-corrected chi connectivity index (χ0v) is 21.6. The molecule has 4 heteroatoms. The Bertz CT molecular complexity index is 1760. The average Bonchev–Trinajstić information content (AvgIpc) is 3.69. The summed E-state index contributed by atoms with van der Waals surface area (Å²) in [6.45, 7) is 0. The summed E-state index contributed by atoms with van der Waals surface area (Å²) in [5.74, 6) is 1.57. The van der Waals surface area contributed by atoms with Crippen LogP contribution in [-0.4, -0.2) is 15.4 Å². The van der Waals surface area contributed by atoms with E-state index < -0.39 is 0 Å². The second kappa shape index (κ2) is 10.4. The highest BCUT2D eigenvalue weighted by atomic mass is 15.1. The third-order valence-corrected chi connectivity index (χ3v) is 6.92. The summed E-state index contributed by atoms with van der Waals surface area (Å²) in [4.78, 5) is 9.74. The standard InChI is InChI=1S/C36H24N4/c1-5-13-26(14-6-1)32-25-37-36(30-19-11-4-12-20-30)40(32)31-23-21-28(22-24-31)34-33(27-15-7-2-8-16-27)38-35(39-34)29-17-9-3-10-18-29/h1-24H. The third kappa shape index (κ3) is 4.42. The zero-order chi connectivity index (χ0) is 26.7. The molecule has 6 aromatic rings. The van der Waals surface area contributed by atoms with Gasteiger partial charge in [0, 0.05) is 33.5 Å². The largest absolute Gasteiger partial charge is 0.292 e. The molecule has 0 bridgehead atoms. The minimum atomic E-state index is 0.723. The van der Waals surface area contributed by atoms with E-state index >= 15 is 0 Å². The molecule has 2 radical (unpaired) electrons. The molecule has 0 amide bonds. The van der Waals surface area contributed by atoms with Crippen molar-refractivity contribution in [1.29, 1.82) is 0 Å². The number of nitrogens with zero attached hydrogens (tertiary/aromatic N) is 4. The Morgan fingerprint density at radius 1 is 0.450 bits per heavy atom. The van der Waals surface area contributed by atoms with Crippen molar-refractivity contribution in [2.75, 3.05) is 0 Å². The first kappa shape index (κ1) is 23.6. The highest BCUT2D eigenvalue weighted by Crippen LogP contribution is 2.34. The molecule has 0 saturated carbocycles. The van der Waals surface area contributed by atoms with Crippen LogP contribution in [0, 0.1) is 6.20 Å². The second-order valence-electron chi connectivity index (χ2n) is 9.49. The normalized spacial score (nSPS) is 12.8. The molecule has 1 aromatic heterocycles. The fourth-order valence-corrected chi connectivity index (χ4v) is 4.96. The molecule has 7 rings (SSSR count). The second-order valence-corrected chi connectivity index (χ2v) is 9.49. The van der Waals surface area contributed by atoms with Crippen LogP contribution in [-0.2, 0) is 0 Å². The number of rotatable bonds is 6. The van der Waals surface area contributed by atoms with Crippen molar-refractivity contribution in [2.45, 2.75) is 0 Å². The van der Waals surface area contributed by atoms with Gasteiger partial charge in [-0.2, -0.15) is 0 Å². The first-order valence-electron chi connectivity index (χ1n) is 13.2. The van der Waals surface area contributed by atoms with Crippen LogP contribution in [0.1, 0.15) is 16.7 Å². The molecule has 0 fully saturated rings. The number of amidine groups is 1. The predicted octanol–water partition coefficient (Wildman–Crippen LogP) is 7.90. The number of hydrogen-bond acceptors (Lipinski definition) is 2. The third-order valence-electron chi connectivity index (χ3n) is 6.92. The van der Waals surface area contributed by atoms with Crippen LogP contribution in [0.15, 0.2) is 151 Å². The van der Waals surface area contributed by atoms with Gasteiger partial charge in [-0.1, -0.05) is 133 Å². The summed E-state index contributed by atoms with van der Waals surface area (Å²) < 4.78 is 2.17. The Kier molecular flexibility index (Phi) is 6.11. The Morgan fingerprint density at radius 2 is 0.950 bits per heavy atom. The Morgan fingerprint density at radius 3 is 1.55 bits per heavy atom. The van der Waals surface area contributed by atoms with Gasteiger partial charge < -0.3 is 0 Å². The molecule has 5 aromatic carbocycles. The molecule has 0 aliphatic carbocycles. The number of aliphatic imine (C=N–C) groups is 1. The van der Waals surface area contributed by atoms with Crippen molar-refractivity contribution in [3.63, 3.8) is 0 Å². The Balaban J connectivity index is 1.34. The monoisotopic (exact) mass is 512 g/mol. The Hall–Kier alpha value is -5.48. The van der Waals surface area contributed by atoms with E-state index in [4.69, 9.17) is 15.3 Å². The van der Waals surface area contributed by atoms with Gasteiger partial charge in [0.15, 0.2) is 5.84 Å². The van der Waals surface area contributed by atoms with Gasteiger partial charge in [-0.3, -0.25) is 4.57 Å². The highest BCUT2D eigenvalue weighted by molar-refractivity contribution is 6.14.